The van der Waals surface area contributed by atoms with Crippen LogP contribution in [0.3, 0.4) is 0 Å². The number of aryl methyl sites for hydroxylation is 1. The highest BCUT2D eigenvalue weighted by atomic mass is 32.2. The minimum Gasteiger partial charge on any atom is -0.350 e. The van der Waals surface area contributed by atoms with Crippen molar-refractivity contribution >= 4 is 26.8 Å². The Labute approximate surface area is 189 Å². The second-order valence-corrected chi connectivity index (χ2v) is 11.5. The maximum Gasteiger partial charge on any atom is 0.256 e. The maximum absolute atomic E-state index is 13.3. The van der Waals surface area contributed by atoms with Gasteiger partial charge >= 0.3 is 0 Å². The molecular formula is C24H33N3O4S. The van der Waals surface area contributed by atoms with E-state index in [9.17, 15) is 18.0 Å². The molecule has 2 aromatic rings. The molecule has 8 heteroatoms. The Hall–Kier alpha value is -2.19. The predicted octanol–water partition coefficient (Wildman–Crippen LogP) is 3.27. The number of piperidine rings is 1. The second-order valence-electron chi connectivity index (χ2n) is 9.59. The first kappa shape index (κ1) is 23.0. The van der Waals surface area contributed by atoms with Crippen LogP contribution in [0.2, 0.25) is 0 Å². The largest absolute Gasteiger partial charge is 0.350 e. The Morgan fingerprint density at radius 3 is 2.44 bits per heavy atom. The summed E-state index contributed by atoms with van der Waals surface area (Å²) in [5, 5.41) is 3.29. The van der Waals surface area contributed by atoms with E-state index in [1.54, 1.807) is 29.9 Å². The zero-order chi connectivity index (χ0) is 23.0. The van der Waals surface area contributed by atoms with E-state index in [4.69, 9.17) is 0 Å². The first-order valence-corrected chi connectivity index (χ1v) is 13.1. The lowest BCUT2D eigenvalue weighted by Crippen LogP contribution is -2.42. The van der Waals surface area contributed by atoms with Gasteiger partial charge in [-0.3, -0.25) is 9.59 Å². The zero-order valence-corrected chi connectivity index (χ0v) is 20.0. The number of amides is 1. The fourth-order valence-electron chi connectivity index (χ4n) is 4.94. The third-order valence-electron chi connectivity index (χ3n) is 7.21. The first-order valence-electron chi connectivity index (χ1n) is 11.6. The molecule has 2 aliphatic rings. The Morgan fingerprint density at radius 1 is 1.06 bits per heavy atom. The normalized spacial score (nSPS) is 23.3. The van der Waals surface area contributed by atoms with Gasteiger partial charge in [-0.2, -0.15) is 4.31 Å². The smallest absolute Gasteiger partial charge is 0.256 e. The van der Waals surface area contributed by atoms with Gasteiger partial charge in [-0.25, -0.2) is 8.42 Å². The summed E-state index contributed by atoms with van der Waals surface area (Å²) in [5.74, 6) is 0.504. The van der Waals surface area contributed by atoms with Crippen LogP contribution in [-0.4, -0.2) is 42.3 Å². The van der Waals surface area contributed by atoms with Gasteiger partial charge in [0, 0.05) is 37.8 Å². The average molecular weight is 460 g/mol. The molecular weight excluding hydrogens is 426 g/mol. The van der Waals surface area contributed by atoms with Crippen molar-refractivity contribution in [2.45, 2.75) is 63.3 Å². The van der Waals surface area contributed by atoms with E-state index in [0.29, 0.717) is 30.4 Å². The molecule has 0 unspecified atom stereocenters. The standard InChI is InChI=1S/C24H33N3O4S/c1-16-10-12-27(13-11-16)32(30,31)18-8-9-22-19(14-18)23(28)20(15-26(22)3)24(29)25-21-7-5-4-6-17(21)2/h8-9,14-17,21H,4-7,10-13H2,1-3H3,(H,25,29)/t17-,21+/m1/s1. The number of pyridine rings is 1. The van der Waals surface area contributed by atoms with Crippen molar-refractivity contribution in [3.8, 4) is 0 Å². The number of nitrogens with one attached hydrogen (secondary N) is 1. The summed E-state index contributed by atoms with van der Waals surface area (Å²) in [6.07, 6.45) is 7.43. The van der Waals surface area contributed by atoms with Gasteiger partial charge in [-0.1, -0.05) is 26.7 Å². The highest BCUT2D eigenvalue weighted by molar-refractivity contribution is 7.89. The summed E-state index contributed by atoms with van der Waals surface area (Å²) >= 11 is 0. The monoisotopic (exact) mass is 459 g/mol. The number of hydrogen-bond donors (Lipinski definition) is 1. The number of nitrogens with zero attached hydrogens (tertiary/aromatic N) is 2. The molecule has 0 spiro atoms. The van der Waals surface area contributed by atoms with Crippen LogP contribution in [0.1, 0.15) is 62.7 Å². The Morgan fingerprint density at radius 2 is 1.75 bits per heavy atom. The number of fused-ring (bicyclic) bond motifs is 1. The van der Waals surface area contributed by atoms with Gasteiger partial charge in [0.15, 0.2) is 0 Å². The number of carbonyl (C=O) groups is 1. The highest BCUT2D eigenvalue weighted by Gasteiger charge is 2.29. The third kappa shape index (κ3) is 4.35. The molecule has 1 amide bonds. The molecule has 1 aliphatic heterocycles. The molecule has 7 nitrogen and oxygen atoms in total. The van der Waals surface area contributed by atoms with Gasteiger partial charge < -0.3 is 9.88 Å². The number of aromatic nitrogens is 1. The van der Waals surface area contributed by atoms with Crippen molar-refractivity contribution in [1.29, 1.82) is 0 Å². The minimum atomic E-state index is -3.68. The van der Waals surface area contributed by atoms with E-state index in [1.807, 2.05) is 0 Å². The molecule has 1 aromatic heterocycles. The van der Waals surface area contributed by atoms with E-state index in [0.717, 1.165) is 32.1 Å². The van der Waals surface area contributed by atoms with Crippen molar-refractivity contribution in [2.24, 2.45) is 18.9 Å². The number of carbonyl (C=O) groups excluding carboxylic acids is 1. The van der Waals surface area contributed by atoms with Gasteiger partial charge in [-0.15, -0.1) is 0 Å². The van der Waals surface area contributed by atoms with Crippen LogP contribution >= 0.6 is 0 Å². The van der Waals surface area contributed by atoms with Crippen LogP contribution in [0.4, 0.5) is 0 Å². The average Bonchev–Trinajstić information content (AvgIpc) is 2.77. The minimum absolute atomic E-state index is 0.0547. The van der Waals surface area contributed by atoms with E-state index >= 15 is 0 Å². The predicted molar refractivity (Wildman–Crippen MR) is 125 cm³/mol. The summed E-state index contributed by atoms with van der Waals surface area (Å²) in [6, 6.07) is 4.70. The molecule has 2 atom stereocenters. The number of hydrogen-bond acceptors (Lipinski definition) is 4. The molecule has 2 heterocycles. The van der Waals surface area contributed by atoms with Gasteiger partial charge in [0.05, 0.1) is 10.4 Å². The topological polar surface area (TPSA) is 88.5 Å². The van der Waals surface area contributed by atoms with Crippen LogP contribution in [-0.2, 0) is 17.1 Å². The Balaban J connectivity index is 1.69. The molecule has 1 aliphatic carbocycles. The van der Waals surface area contributed by atoms with Gasteiger partial charge in [-0.05, 0) is 55.7 Å². The van der Waals surface area contributed by atoms with E-state index in [2.05, 4.69) is 19.2 Å². The molecule has 1 N–H and O–H groups in total. The summed E-state index contributed by atoms with van der Waals surface area (Å²) in [7, 11) is -1.92. The number of benzene rings is 1. The number of rotatable bonds is 4. The molecule has 2 fully saturated rings. The SMILES string of the molecule is CC1CCN(S(=O)(=O)c2ccc3c(c2)c(=O)c(C(=O)N[C@H]2CCCC[C@H]2C)cn3C)CC1. The summed E-state index contributed by atoms with van der Waals surface area (Å²) in [4.78, 5) is 26.4. The molecule has 1 saturated heterocycles. The molecule has 0 bridgehead atoms. The van der Waals surface area contributed by atoms with Crippen LogP contribution in [0.15, 0.2) is 34.1 Å². The lowest BCUT2D eigenvalue weighted by Gasteiger charge is -2.29. The van der Waals surface area contributed by atoms with Crippen molar-refractivity contribution in [1.82, 2.24) is 14.2 Å². The Bertz CT molecular complexity index is 1180. The molecule has 1 saturated carbocycles. The lowest BCUT2D eigenvalue weighted by molar-refractivity contribution is 0.0908. The van der Waals surface area contributed by atoms with Crippen molar-refractivity contribution in [2.75, 3.05) is 13.1 Å². The quantitative estimate of drug-likeness (QED) is 0.760. The van der Waals surface area contributed by atoms with Gasteiger partial charge in [0.1, 0.15) is 5.56 Å². The molecule has 4 rings (SSSR count). The van der Waals surface area contributed by atoms with Crippen molar-refractivity contribution < 1.29 is 13.2 Å². The molecule has 174 valence electrons. The van der Waals surface area contributed by atoms with Crippen molar-refractivity contribution in [3.63, 3.8) is 0 Å². The molecule has 0 radical (unpaired) electrons. The summed E-state index contributed by atoms with van der Waals surface area (Å²) in [6.45, 7) is 5.23. The summed E-state index contributed by atoms with van der Waals surface area (Å²) < 4.78 is 29.6. The fraction of sp³-hybridized carbons (Fsp3) is 0.583. The van der Waals surface area contributed by atoms with Gasteiger partial charge in [0.2, 0.25) is 15.5 Å². The summed E-state index contributed by atoms with van der Waals surface area (Å²) in [5.41, 5.74) is 0.228. The first-order chi connectivity index (χ1) is 15.2. The van der Waals surface area contributed by atoms with Crippen molar-refractivity contribution in [3.05, 3.63) is 40.2 Å². The van der Waals surface area contributed by atoms with Crippen LogP contribution in [0, 0.1) is 11.8 Å². The number of sulfonamides is 1. The molecule has 1 aromatic carbocycles. The molecule has 32 heavy (non-hydrogen) atoms. The second kappa shape index (κ2) is 8.98. The third-order valence-corrected chi connectivity index (χ3v) is 9.11. The van der Waals surface area contributed by atoms with Gasteiger partial charge in [0.25, 0.3) is 5.91 Å². The lowest BCUT2D eigenvalue weighted by atomic mass is 9.86. The zero-order valence-electron chi connectivity index (χ0n) is 19.1. The van der Waals surface area contributed by atoms with E-state index in [1.165, 1.54) is 16.8 Å². The van der Waals surface area contributed by atoms with Crippen LogP contribution < -0.4 is 10.7 Å². The highest BCUT2D eigenvalue weighted by Crippen LogP contribution is 2.26. The van der Waals surface area contributed by atoms with Crippen LogP contribution in [0.25, 0.3) is 10.9 Å². The van der Waals surface area contributed by atoms with E-state index in [-0.39, 0.29) is 27.8 Å². The maximum atomic E-state index is 13.3. The Kier molecular flexibility index (Phi) is 6.45. The van der Waals surface area contributed by atoms with E-state index < -0.39 is 15.5 Å². The fourth-order valence-corrected chi connectivity index (χ4v) is 6.44. The van der Waals surface area contributed by atoms with Crippen LogP contribution in [0.5, 0.6) is 0 Å².